The van der Waals surface area contributed by atoms with Gasteiger partial charge in [-0.3, -0.25) is 0 Å². The van der Waals surface area contributed by atoms with Gasteiger partial charge in [0.1, 0.15) is 0 Å². The van der Waals surface area contributed by atoms with Crippen LogP contribution < -0.4 is 0 Å². The van der Waals surface area contributed by atoms with Crippen molar-refractivity contribution in [3.8, 4) is 0 Å². The third-order valence-electron chi connectivity index (χ3n) is 3.32. The molecule has 18 heavy (non-hydrogen) atoms. The zero-order valence-electron chi connectivity index (χ0n) is 10.9. The fourth-order valence-electron chi connectivity index (χ4n) is 2.27. The van der Waals surface area contributed by atoms with E-state index in [-0.39, 0.29) is 0 Å². The highest BCUT2D eigenvalue weighted by Gasteiger charge is 2.10. The topological polar surface area (TPSA) is 0 Å². The van der Waals surface area contributed by atoms with Crippen molar-refractivity contribution in [3.63, 3.8) is 0 Å². The molecule has 0 bridgehead atoms. The van der Waals surface area contributed by atoms with Gasteiger partial charge in [-0.2, -0.15) is 0 Å². The molecule has 0 saturated carbocycles. The van der Waals surface area contributed by atoms with Gasteiger partial charge >= 0.3 is 0 Å². The predicted octanol–water partition coefficient (Wildman–Crippen LogP) is 5.14. The molecule has 2 aliphatic rings. The zero-order valence-corrected chi connectivity index (χ0v) is 10.9. The van der Waals surface area contributed by atoms with Gasteiger partial charge in [-0.05, 0) is 25.7 Å². The van der Waals surface area contributed by atoms with Crippen molar-refractivity contribution < 1.29 is 0 Å². The van der Waals surface area contributed by atoms with Crippen molar-refractivity contribution in [2.75, 3.05) is 0 Å². The molecule has 0 aromatic heterocycles. The molecule has 0 aromatic carbocycles. The highest BCUT2D eigenvalue weighted by molar-refractivity contribution is 5.20. The molecule has 0 unspecified atom stereocenters. The van der Waals surface area contributed by atoms with Crippen LogP contribution in [0.1, 0.15) is 25.7 Å². The minimum Gasteiger partial charge on any atom is -0.0876 e. The normalized spacial score (nSPS) is 33.3. The maximum Gasteiger partial charge on any atom is 0.00473 e. The van der Waals surface area contributed by atoms with Gasteiger partial charge in [0.05, 0.1) is 0 Å². The number of allylic oxidation sites excluding steroid dienone is 12. The van der Waals surface area contributed by atoms with Gasteiger partial charge in [0.15, 0.2) is 0 Å². The van der Waals surface area contributed by atoms with Crippen LogP contribution in [0.5, 0.6) is 0 Å². The lowest BCUT2D eigenvalue weighted by molar-refractivity contribution is 0.671. The average Bonchev–Trinajstić information content (AvgIpc) is 2.61. The van der Waals surface area contributed by atoms with Crippen LogP contribution in [0.25, 0.3) is 0 Å². The standard InChI is InChI=1S/C18H22/c1-2-6-10-14-17(13-9-5-1)18-15-11-7-3-4-8-12-16-18/h1,3,5,7,9-18H,2,4,6,8H2/b5-1-,7-3?,13-9-,14-10?,15-11?,16-12-/t17-,18+/m0/s1. The highest BCUT2D eigenvalue weighted by atomic mass is 14.1. The Morgan fingerprint density at radius 2 is 0.889 bits per heavy atom. The summed E-state index contributed by atoms with van der Waals surface area (Å²) < 4.78 is 0. The molecule has 2 aliphatic carbocycles. The molecule has 0 N–H and O–H groups in total. The first-order valence-electron chi connectivity index (χ1n) is 6.97. The fraction of sp³-hybridized carbons (Fsp3) is 0.333. The Labute approximate surface area is 111 Å². The van der Waals surface area contributed by atoms with E-state index < -0.39 is 0 Å². The van der Waals surface area contributed by atoms with E-state index in [1.807, 2.05) is 0 Å². The van der Waals surface area contributed by atoms with Gasteiger partial charge in [0.25, 0.3) is 0 Å². The van der Waals surface area contributed by atoms with Crippen LogP contribution in [0.2, 0.25) is 0 Å². The Bertz CT molecular complexity index is 362. The summed E-state index contributed by atoms with van der Waals surface area (Å²) in [6.07, 6.45) is 31.7. The second-order valence-electron chi connectivity index (χ2n) is 4.79. The lowest BCUT2D eigenvalue weighted by atomic mass is 9.90. The first-order chi connectivity index (χ1) is 8.97. The lowest BCUT2D eigenvalue weighted by Crippen LogP contribution is -2.05. The molecular weight excluding hydrogens is 216 g/mol. The zero-order chi connectivity index (χ0) is 12.5. The van der Waals surface area contributed by atoms with Crippen molar-refractivity contribution in [3.05, 3.63) is 72.9 Å². The molecule has 0 aromatic rings. The van der Waals surface area contributed by atoms with Crippen LogP contribution in [-0.4, -0.2) is 0 Å². The van der Waals surface area contributed by atoms with E-state index in [0.29, 0.717) is 11.8 Å². The van der Waals surface area contributed by atoms with Gasteiger partial charge in [-0.1, -0.05) is 72.9 Å². The molecule has 94 valence electrons. The first-order valence-corrected chi connectivity index (χ1v) is 6.97. The number of rotatable bonds is 1. The third kappa shape index (κ3) is 4.37. The molecular formula is C18H22. The second-order valence-corrected chi connectivity index (χ2v) is 4.79. The predicted molar refractivity (Wildman–Crippen MR) is 80.3 cm³/mol. The Morgan fingerprint density at radius 1 is 0.444 bits per heavy atom. The van der Waals surface area contributed by atoms with Gasteiger partial charge in [0, 0.05) is 11.8 Å². The highest BCUT2D eigenvalue weighted by Crippen LogP contribution is 2.21. The molecule has 0 spiro atoms. The molecule has 0 saturated heterocycles. The monoisotopic (exact) mass is 238 g/mol. The van der Waals surface area contributed by atoms with Crippen LogP contribution in [-0.2, 0) is 0 Å². The summed E-state index contributed by atoms with van der Waals surface area (Å²) in [4.78, 5) is 0. The average molecular weight is 238 g/mol. The quantitative estimate of drug-likeness (QED) is 0.555. The maximum atomic E-state index is 2.35. The van der Waals surface area contributed by atoms with Crippen molar-refractivity contribution in [2.45, 2.75) is 25.7 Å². The molecule has 0 fully saturated rings. The van der Waals surface area contributed by atoms with E-state index in [0.717, 1.165) is 25.7 Å². The summed E-state index contributed by atoms with van der Waals surface area (Å²) in [5.41, 5.74) is 0. The largest absolute Gasteiger partial charge is 0.0876 e. The van der Waals surface area contributed by atoms with Crippen molar-refractivity contribution in [1.29, 1.82) is 0 Å². The SMILES string of the molecule is C1=CCC/C=C\[C@H]([C@@H]2C=CCC/C=C\C=C/2)C=C1. The van der Waals surface area contributed by atoms with Crippen molar-refractivity contribution >= 4 is 0 Å². The summed E-state index contributed by atoms with van der Waals surface area (Å²) >= 11 is 0. The molecule has 0 heteroatoms. The fourth-order valence-corrected chi connectivity index (χ4v) is 2.27. The van der Waals surface area contributed by atoms with E-state index >= 15 is 0 Å². The molecule has 0 aliphatic heterocycles. The summed E-state index contributed by atoms with van der Waals surface area (Å²) in [5, 5.41) is 0. The van der Waals surface area contributed by atoms with Gasteiger partial charge < -0.3 is 0 Å². The van der Waals surface area contributed by atoms with E-state index in [2.05, 4.69) is 72.9 Å². The van der Waals surface area contributed by atoms with Gasteiger partial charge in [-0.15, -0.1) is 0 Å². The van der Waals surface area contributed by atoms with E-state index in [9.17, 15) is 0 Å². The molecule has 0 amide bonds. The molecule has 2 rings (SSSR count). The Balaban J connectivity index is 2.15. The van der Waals surface area contributed by atoms with Crippen molar-refractivity contribution in [1.82, 2.24) is 0 Å². The smallest absolute Gasteiger partial charge is 0.00473 e. The Hall–Kier alpha value is -1.56. The maximum absolute atomic E-state index is 2.35. The van der Waals surface area contributed by atoms with Gasteiger partial charge in [-0.25, -0.2) is 0 Å². The first kappa shape index (κ1) is 12.9. The lowest BCUT2D eigenvalue weighted by Gasteiger charge is -2.14. The number of hydrogen-bond donors (Lipinski definition) is 0. The Morgan fingerprint density at radius 3 is 1.39 bits per heavy atom. The summed E-state index contributed by atoms with van der Waals surface area (Å²) in [6.45, 7) is 0. The third-order valence-corrected chi connectivity index (χ3v) is 3.32. The minimum absolute atomic E-state index is 0.478. The van der Waals surface area contributed by atoms with Crippen LogP contribution >= 0.6 is 0 Å². The molecule has 0 heterocycles. The molecule has 0 radical (unpaired) electrons. The van der Waals surface area contributed by atoms with Crippen LogP contribution in [0, 0.1) is 11.8 Å². The number of hydrogen-bond acceptors (Lipinski definition) is 0. The van der Waals surface area contributed by atoms with E-state index in [4.69, 9.17) is 0 Å². The van der Waals surface area contributed by atoms with Crippen LogP contribution in [0.15, 0.2) is 72.9 Å². The summed E-state index contributed by atoms with van der Waals surface area (Å²) in [5.74, 6) is 0.957. The van der Waals surface area contributed by atoms with Gasteiger partial charge in [0.2, 0.25) is 0 Å². The van der Waals surface area contributed by atoms with E-state index in [1.165, 1.54) is 0 Å². The molecule has 0 nitrogen and oxygen atoms in total. The van der Waals surface area contributed by atoms with Crippen LogP contribution in [0.3, 0.4) is 0 Å². The van der Waals surface area contributed by atoms with E-state index in [1.54, 1.807) is 0 Å². The van der Waals surface area contributed by atoms with Crippen LogP contribution in [0.4, 0.5) is 0 Å². The minimum atomic E-state index is 0.478. The summed E-state index contributed by atoms with van der Waals surface area (Å²) in [7, 11) is 0. The second kappa shape index (κ2) is 7.71. The summed E-state index contributed by atoms with van der Waals surface area (Å²) in [6, 6.07) is 0. The molecule has 2 atom stereocenters. The Kier molecular flexibility index (Phi) is 5.52. The van der Waals surface area contributed by atoms with Crippen molar-refractivity contribution in [2.24, 2.45) is 11.8 Å².